The summed E-state index contributed by atoms with van der Waals surface area (Å²) in [5.74, 6) is 0. The van der Waals surface area contributed by atoms with Crippen LogP contribution in [0, 0.1) is 6.92 Å². The van der Waals surface area contributed by atoms with Crippen molar-refractivity contribution < 1.29 is 18.6 Å². The Morgan fingerprint density at radius 3 is 2.52 bits per heavy atom. The van der Waals surface area contributed by atoms with E-state index < -0.39 is 21.7 Å². The van der Waals surface area contributed by atoms with Gasteiger partial charge in [-0.1, -0.05) is 42.0 Å². The van der Waals surface area contributed by atoms with Gasteiger partial charge in [-0.3, -0.25) is 4.31 Å². The Morgan fingerprint density at radius 2 is 1.87 bits per heavy atom. The molecular formula is C24H32N2O4S. The number of sulfonamides is 1. The standard InChI is InChI=1S/C24H32N2O4S/c1-17-5-4-6-21(13-17)24(28)9-11-25(12-10-24)16-23(27)19-7-8-22-20(15-19)14-18(2)26(22)31(3,29)30/h4-8,13,15,18,23,27-28H,9-12,14,16H2,1-3H3/t18-,23-/m0/s1. The lowest BCUT2D eigenvalue weighted by Gasteiger charge is -2.39. The van der Waals surface area contributed by atoms with E-state index >= 15 is 0 Å². The van der Waals surface area contributed by atoms with Crippen LogP contribution < -0.4 is 4.31 Å². The van der Waals surface area contributed by atoms with Crippen molar-refractivity contribution in [1.82, 2.24) is 4.90 Å². The molecule has 0 aliphatic carbocycles. The molecule has 1 fully saturated rings. The van der Waals surface area contributed by atoms with Gasteiger partial charge in [0.25, 0.3) is 0 Å². The number of fused-ring (bicyclic) bond motifs is 1. The van der Waals surface area contributed by atoms with Gasteiger partial charge in [-0.25, -0.2) is 8.42 Å². The van der Waals surface area contributed by atoms with E-state index in [-0.39, 0.29) is 6.04 Å². The van der Waals surface area contributed by atoms with E-state index in [4.69, 9.17) is 0 Å². The molecule has 0 radical (unpaired) electrons. The summed E-state index contributed by atoms with van der Waals surface area (Å²) >= 11 is 0. The van der Waals surface area contributed by atoms with Gasteiger partial charge in [-0.15, -0.1) is 0 Å². The van der Waals surface area contributed by atoms with E-state index in [1.54, 1.807) is 0 Å². The van der Waals surface area contributed by atoms with Crippen molar-refractivity contribution in [3.63, 3.8) is 0 Å². The van der Waals surface area contributed by atoms with E-state index in [0.29, 0.717) is 44.6 Å². The van der Waals surface area contributed by atoms with E-state index in [9.17, 15) is 18.6 Å². The first-order valence-electron chi connectivity index (χ1n) is 10.9. The van der Waals surface area contributed by atoms with Crippen molar-refractivity contribution >= 4 is 15.7 Å². The number of β-amino-alcohol motifs (C(OH)–C–C–N with tert-alkyl or cyclic N) is 1. The fourth-order valence-electron chi connectivity index (χ4n) is 5.01. The number of rotatable bonds is 5. The molecule has 0 unspecified atom stereocenters. The Balaban J connectivity index is 1.41. The highest BCUT2D eigenvalue weighted by Crippen LogP contribution is 2.37. The molecule has 2 aliphatic rings. The first-order chi connectivity index (χ1) is 14.6. The largest absolute Gasteiger partial charge is 0.387 e. The minimum absolute atomic E-state index is 0.112. The van der Waals surface area contributed by atoms with Gasteiger partial charge < -0.3 is 15.1 Å². The van der Waals surface area contributed by atoms with Crippen LogP contribution in [0.4, 0.5) is 5.69 Å². The first-order valence-corrected chi connectivity index (χ1v) is 12.7. The second kappa shape index (κ2) is 8.20. The molecule has 6 nitrogen and oxygen atoms in total. The maximum atomic E-state index is 12.1. The van der Waals surface area contributed by atoms with Gasteiger partial charge in [-0.2, -0.15) is 0 Å². The number of piperidine rings is 1. The molecule has 0 amide bonds. The summed E-state index contributed by atoms with van der Waals surface area (Å²) in [5, 5.41) is 22.0. The molecule has 2 aromatic carbocycles. The maximum absolute atomic E-state index is 12.1. The van der Waals surface area contributed by atoms with Crippen LogP contribution in [0.5, 0.6) is 0 Å². The van der Waals surface area contributed by atoms with Crippen LogP contribution in [0.1, 0.15) is 48.1 Å². The molecule has 0 saturated carbocycles. The third-order valence-electron chi connectivity index (χ3n) is 6.67. The SMILES string of the molecule is Cc1cccc(C2(O)CCN(C[C@H](O)c3ccc4c(c3)C[C@H](C)N4S(C)(=O)=O)CC2)c1. The molecule has 168 valence electrons. The molecule has 0 bridgehead atoms. The number of hydrogen-bond donors (Lipinski definition) is 2. The number of aryl methyl sites for hydroxylation is 1. The number of likely N-dealkylation sites (tertiary alicyclic amines) is 1. The predicted molar refractivity (Wildman–Crippen MR) is 123 cm³/mol. The third-order valence-corrected chi connectivity index (χ3v) is 7.94. The number of nitrogens with zero attached hydrogens (tertiary/aromatic N) is 2. The minimum Gasteiger partial charge on any atom is -0.387 e. The third kappa shape index (κ3) is 4.51. The predicted octanol–water partition coefficient (Wildman–Crippen LogP) is 2.72. The van der Waals surface area contributed by atoms with Crippen molar-refractivity contribution in [2.45, 2.75) is 50.9 Å². The smallest absolute Gasteiger partial charge is 0.232 e. The lowest BCUT2D eigenvalue weighted by Crippen LogP contribution is -2.44. The van der Waals surface area contributed by atoms with Crippen LogP contribution in [-0.2, 0) is 22.0 Å². The van der Waals surface area contributed by atoms with E-state index in [1.165, 1.54) is 10.6 Å². The summed E-state index contributed by atoms with van der Waals surface area (Å²) in [5.41, 5.74) is 3.78. The van der Waals surface area contributed by atoms with E-state index in [2.05, 4.69) is 11.0 Å². The summed E-state index contributed by atoms with van der Waals surface area (Å²) in [6, 6.07) is 13.5. The van der Waals surface area contributed by atoms with Crippen LogP contribution in [0.3, 0.4) is 0 Å². The fraction of sp³-hybridized carbons (Fsp3) is 0.500. The van der Waals surface area contributed by atoms with Crippen LogP contribution in [-0.4, -0.2) is 55.5 Å². The van der Waals surface area contributed by atoms with Crippen LogP contribution in [0.25, 0.3) is 0 Å². The van der Waals surface area contributed by atoms with Gasteiger partial charge in [0.05, 0.1) is 23.6 Å². The lowest BCUT2D eigenvalue weighted by molar-refractivity contribution is -0.0345. The fourth-order valence-corrected chi connectivity index (χ4v) is 6.28. The molecule has 31 heavy (non-hydrogen) atoms. The van der Waals surface area contributed by atoms with Gasteiger partial charge in [0.1, 0.15) is 0 Å². The number of hydrogen-bond acceptors (Lipinski definition) is 5. The molecule has 0 aromatic heterocycles. The van der Waals surface area contributed by atoms with Crippen molar-refractivity contribution in [2.24, 2.45) is 0 Å². The van der Waals surface area contributed by atoms with E-state index in [1.807, 2.05) is 50.2 Å². The highest BCUT2D eigenvalue weighted by atomic mass is 32.2. The molecular weight excluding hydrogens is 412 g/mol. The average Bonchev–Trinajstić information content (AvgIpc) is 3.05. The van der Waals surface area contributed by atoms with Crippen molar-refractivity contribution in [3.05, 3.63) is 64.7 Å². The molecule has 2 heterocycles. The average molecular weight is 445 g/mol. The number of aliphatic hydroxyl groups excluding tert-OH is 1. The summed E-state index contributed by atoms with van der Waals surface area (Å²) < 4.78 is 25.7. The zero-order chi connectivity index (χ0) is 22.4. The zero-order valence-electron chi connectivity index (χ0n) is 18.5. The lowest BCUT2D eigenvalue weighted by atomic mass is 9.83. The summed E-state index contributed by atoms with van der Waals surface area (Å²) in [7, 11) is -3.32. The van der Waals surface area contributed by atoms with Gasteiger partial charge in [0, 0.05) is 25.7 Å². The van der Waals surface area contributed by atoms with Crippen LogP contribution in [0.2, 0.25) is 0 Å². The molecule has 0 spiro atoms. The second-order valence-electron chi connectivity index (χ2n) is 9.22. The monoisotopic (exact) mass is 444 g/mol. The number of aliphatic hydroxyl groups is 2. The second-order valence-corrected chi connectivity index (χ2v) is 11.1. The number of benzene rings is 2. The highest BCUT2D eigenvalue weighted by molar-refractivity contribution is 7.92. The normalized spacial score (nSPS) is 22.4. The molecule has 2 atom stereocenters. The van der Waals surface area contributed by atoms with Gasteiger partial charge in [-0.05, 0) is 55.9 Å². The Kier molecular flexibility index (Phi) is 5.89. The van der Waals surface area contributed by atoms with Crippen molar-refractivity contribution in [3.8, 4) is 0 Å². The molecule has 4 rings (SSSR count). The van der Waals surface area contributed by atoms with E-state index in [0.717, 1.165) is 22.3 Å². The molecule has 2 aliphatic heterocycles. The molecule has 7 heteroatoms. The summed E-state index contributed by atoms with van der Waals surface area (Å²) in [6.07, 6.45) is 2.49. The highest BCUT2D eigenvalue weighted by Gasteiger charge is 2.35. The molecule has 2 aromatic rings. The molecule has 2 N–H and O–H groups in total. The van der Waals surface area contributed by atoms with Crippen molar-refractivity contribution in [1.29, 1.82) is 0 Å². The Morgan fingerprint density at radius 1 is 1.16 bits per heavy atom. The maximum Gasteiger partial charge on any atom is 0.232 e. The number of anilines is 1. The van der Waals surface area contributed by atoms with Crippen LogP contribution >= 0.6 is 0 Å². The minimum atomic E-state index is -3.32. The first kappa shape index (κ1) is 22.3. The quantitative estimate of drug-likeness (QED) is 0.741. The topological polar surface area (TPSA) is 81.1 Å². The summed E-state index contributed by atoms with van der Waals surface area (Å²) in [4.78, 5) is 2.19. The molecule has 1 saturated heterocycles. The van der Waals surface area contributed by atoms with Gasteiger partial charge in [0.2, 0.25) is 10.0 Å². The Hall–Kier alpha value is -1.93. The van der Waals surface area contributed by atoms with Gasteiger partial charge in [0.15, 0.2) is 0 Å². The zero-order valence-corrected chi connectivity index (χ0v) is 19.3. The van der Waals surface area contributed by atoms with Crippen LogP contribution in [0.15, 0.2) is 42.5 Å². The summed E-state index contributed by atoms with van der Waals surface area (Å²) in [6.45, 7) is 5.86. The Bertz CT molecular complexity index is 1060. The van der Waals surface area contributed by atoms with Crippen molar-refractivity contribution in [2.75, 3.05) is 30.2 Å². The Labute approximate surface area is 185 Å². The van der Waals surface area contributed by atoms with Gasteiger partial charge >= 0.3 is 0 Å².